The number of nitro groups is 1. The summed E-state index contributed by atoms with van der Waals surface area (Å²) in [5.41, 5.74) is 8.38. The maximum atomic E-state index is 10.6. The number of nitro benzene ring substituents is 1. The Kier molecular flexibility index (Phi) is 4.36. The van der Waals surface area contributed by atoms with Gasteiger partial charge in [-0.3, -0.25) is 10.1 Å². The summed E-state index contributed by atoms with van der Waals surface area (Å²) in [4.78, 5) is 12.6. The molecule has 0 aliphatic heterocycles. The molecule has 1 rings (SSSR count). The quantitative estimate of drug-likeness (QED) is 0.199. The summed E-state index contributed by atoms with van der Waals surface area (Å²) in [5, 5.41) is 13.9. The van der Waals surface area contributed by atoms with Gasteiger partial charge in [-0.25, -0.2) is 0 Å². The van der Waals surface area contributed by atoms with E-state index in [1.807, 2.05) is 0 Å². The van der Waals surface area contributed by atoms with E-state index in [9.17, 15) is 10.1 Å². The van der Waals surface area contributed by atoms with Crippen LogP contribution in [0.15, 0.2) is 23.3 Å². The second-order valence-corrected chi connectivity index (χ2v) is 2.87. The van der Waals surface area contributed by atoms with Crippen molar-refractivity contribution < 1.29 is 9.66 Å². The number of hydrogen-bond acceptors (Lipinski definition) is 4. The minimum Gasteiger partial charge on any atom is -0.496 e. The van der Waals surface area contributed by atoms with Crippen molar-refractivity contribution >= 4 is 5.69 Å². The maximum Gasteiger partial charge on any atom is 0.274 e. The van der Waals surface area contributed by atoms with Crippen LogP contribution in [0.25, 0.3) is 10.4 Å². The lowest BCUT2D eigenvalue weighted by Gasteiger charge is -2.00. The number of rotatable bonds is 3. The highest BCUT2D eigenvalue weighted by atomic mass is 16.6. The highest BCUT2D eigenvalue weighted by Crippen LogP contribution is 2.21. The summed E-state index contributed by atoms with van der Waals surface area (Å²) < 4.78 is 4.92. The molecule has 0 fully saturated rings. The molecule has 7 heteroatoms. The van der Waals surface area contributed by atoms with Crippen molar-refractivity contribution in [3.63, 3.8) is 0 Å². The van der Waals surface area contributed by atoms with Crippen LogP contribution in [0.3, 0.4) is 0 Å². The summed E-state index contributed by atoms with van der Waals surface area (Å²) in [6, 6.07) is 4.19. The van der Waals surface area contributed by atoms with Crippen molar-refractivity contribution in [2.24, 2.45) is 5.11 Å². The van der Waals surface area contributed by atoms with E-state index in [1.54, 1.807) is 6.07 Å². The summed E-state index contributed by atoms with van der Waals surface area (Å²) in [7, 11) is 1.41. The highest BCUT2D eigenvalue weighted by Gasteiger charge is 2.08. The molecule has 7 nitrogen and oxygen atoms in total. The molecule has 0 aliphatic rings. The zero-order valence-electron chi connectivity index (χ0n) is 8.95. The molecule has 0 aliphatic carbocycles. The molecule has 1 aromatic carbocycles. The molecule has 0 radical (unpaired) electrons. The molecular formula is C10H8N4O3. The van der Waals surface area contributed by atoms with Crippen LogP contribution in [-0.2, 0) is 0 Å². The second-order valence-electron chi connectivity index (χ2n) is 2.87. The highest BCUT2D eigenvalue weighted by molar-refractivity contribution is 5.49. The Labute approximate surface area is 96.8 Å². The number of azide groups is 1. The molecule has 1 aromatic rings. The fourth-order valence-corrected chi connectivity index (χ4v) is 1.09. The standard InChI is InChI=1S/C10H8N4O3/c1-17-10-6-8(3-2-4-12-13-11)5-9(7-10)14(15)16/h5-7H,4H2,1H3. The number of hydrogen-bond donors (Lipinski definition) is 0. The van der Waals surface area contributed by atoms with Gasteiger partial charge in [-0.2, -0.15) is 0 Å². The molecule has 0 saturated carbocycles. The van der Waals surface area contributed by atoms with Gasteiger partial charge in [-0.15, -0.1) is 0 Å². The first kappa shape index (κ1) is 12.4. The number of benzene rings is 1. The Morgan fingerprint density at radius 1 is 1.59 bits per heavy atom. The van der Waals surface area contributed by atoms with Gasteiger partial charge >= 0.3 is 0 Å². The van der Waals surface area contributed by atoms with Gasteiger partial charge in [-0.05, 0) is 11.6 Å². The van der Waals surface area contributed by atoms with Crippen molar-refractivity contribution in [1.29, 1.82) is 0 Å². The van der Waals surface area contributed by atoms with Crippen LogP contribution < -0.4 is 4.74 Å². The molecule has 0 bridgehead atoms. The summed E-state index contributed by atoms with van der Waals surface area (Å²) in [6.45, 7) is 0.0154. The molecule has 0 heterocycles. The third kappa shape index (κ3) is 3.74. The first-order valence-electron chi connectivity index (χ1n) is 4.50. The van der Waals surface area contributed by atoms with Gasteiger partial charge in [0.2, 0.25) is 0 Å². The summed E-state index contributed by atoms with van der Waals surface area (Å²) >= 11 is 0. The predicted octanol–water partition coefficient (Wildman–Crippen LogP) is 2.27. The molecule has 0 saturated heterocycles. The number of methoxy groups -OCH3 is 1. The molecule has 0 N–H and O–H groups in total. The van der Waals surface area contributed by atoms with Crippen LogP contribution in [-0.4, -0.2) is 18.6 Å². The number of ether oxygens (including phenoxy) is 1. The van der Waals surface area contributed by atoms with Crippen LogP contribution in [0.1, 0.15) is 5.56 Å². The predicted molar refractivity (Wildman–Crippen MR) is 60.5 cm³/mol. The van der Waals surface area contributed by atoms with Gasteiger partial charge in [0.1, 0.15) is 5.75 Å². The van der Waals surface area contributed by atoms with Crippen molar-refractivity contribution in [1.82, 2.24) is 0 Å². The Morgan fingerprint density at radius 2 is 2.35 bits per heavy atom. The zero-order valence-corrected chi connectivity index (χ0v) is 8.95. The van der Waals surface area contributed by atoms with Crippen molar-refractivity contribution in [2.45, 2.75) is 0 Å². The van der Waals surface area contributed by atoms with Crippen molar-refractivity contribution in [2.75, 3.05) is 13.7 Å². The minimum absolute atomic E-state index is 0.0154. The van der Waals surface area contributed by atoms with Gasteiger partial charge in [0.05, 0.1) is 24.6 Å². The van der Waals surface area contributed by atoms with Gasteiger partial charge < -0.3 is 4.74 Å². The Balaban J connectivity index is 3.05. The van der Waals surface area contributed by atoms with E-state index in [-0.39, 0.29) is 12.2 Å². The van der Waals surface area contributed by atoms with Gasteiger partial charge in [0.15, 0.2) is 0 Å². The second kappa shape index (κ2) is 6.00. The summed E-state index contributed by atoms with van der Waals surface area (Å²) in [5.74, 6) is 5.58. The Hall–Kier alpha value is -2.71. The van der Waals surface area contributed by atoms with Crippen LogP contribution in [0.5, 0.6) is 5.75 Å². The smallest absolute Gasteiger partial charge is 0.274 e. The molecule has 0 unspecified atom stereocenters. The summed E-state index contributed by atoms with van der Waals surface area (Å²) in [6.07, 6.45) is 0. The third-order valence-corrected chi connectivity index (χ3v) is 1.78. The Morgan fingerprint density at radius 3 is 2.94 bits per heavy atom. The van der Waals surface area contributed by atoms with Crippen molar-refractivity contribution in [3.05, 3.63) is 44.3 Å². The monoisotopic (exact) mass is 232 g/mol. The van der Waals surface area contributed by atoms with Crippen molar-refractivity contribution in [3.8, 4) is 17.6 Å². The van der Waals surface area contributed by atoms with E-state index in [1.165, 1.54) is 19.2 Å². The molecular weight excluding hydrogens is 224 g/mol. The first-order chi connectivity index (χ1) is 8.17. The van der Waals surface area contributed by atoms with Gasteiger partial charge in [0.25, 0.3) is 5.69 Å². The van der Waals surface area contributed by atoms with Crippen LogP contribution in [0.2, 0.25) is 0 Å². The molecule has 17 heavy (non-hydrogen) atoms. The largest absolute Gasteiger partial charge is 0.496 e. The molecule has 0 atom stereocenters. The van der Waals surface area contributed by atoms with E-state index in [0.717, 1.165) is 0 Å². The van der Waals surface area contributed by atoms with Crippen LogP contribution in [0.4, 0.5) is 5.69 Å². The average molecular weight is 232 g/mol. The Bertz CT molecular complexity index is 538. The first-order valence-corrected chi connectivity index (χ1v) is 4.50. The molecule has 86 valence electrons. The topological polar surface area (TPSA) is 101 Å². The fraction of sp³-hybridized carbons (Fsp3) is 0.200. The van der Waals surface area contributed by atoms with Crippen LogP contribution >= 0.6 is 0 Å². The third-order valence-electron chi connectivity index (χ3n) is 1.78. The van der Waals surface area contributed by atoms with E-state index < -0.39 is 4.92 Å². The number of nitrogens with zero attached hydrogens (tertiary/aromatic N) is 4. The molecule has 0 aromatic heterocycles. The van der Waals surface area contributed by atoms with E-state index in [0.29, 0.717) is 11.3 Å². The lowest BCUT2D eigenvalue weighted by molar-refractivity contribution is -0.384. The van der Waals surface area contributed by atoms with E-state index >= 15 is 0 Å². The fourth-order valence-electron chi connectivity index (χ4n) is 1.09. The normalized spacial score (nSPS) is 8.53. The van der Waals surface area contributed by atoms with E-state index in [2.05, 4.69) is 21.9 Å². The van der Waals surface area contributed by atoms with Crippen LogP contribution in [0, 0.1) is 22.0 Å². The SMILES string of the molecule is COc1cc(C#CCN=[N+]=[N-])cc([N+](=O)[O-])c1. The lowest BCUT2D eigenvalue weighted by atomic mass is 10.2. The number of non-ortho nitro benzene ring substituents is 1. The maximum absolute atomic E-state index is 10.6. The zero-order chi connectivity index (χ0) is 12.7. The minimum atomic E-state index is -0.527. The van der Waals surface area contributed by atoms with Gasteiger partial charge in [0, 0.05) is 16.5 Å². The van der Waals surface area contributed by atoms with E-state index in [4.69, 9.17) is 10.3 Å². The molecule has 0 amide bonds. The lowest BCUT2D eigenvalue weighted by Crippen LogP contribution is -1.91. The van der Waals surface area contributed by atoms with Gasteiger partial charge in [-0.1, -0.05) is 17.0 Å². The molecule has 0 spiro atoms. The average Bonchev–Trinajstić information content (AvgIpc) is 2.34.